The molecule has 1 heterocycles. The van der Waals surface area contributed by atoms with E-state index in [0.717, 1.165) is 12.5 Å². The summed E-state index contributed by atoms with van der Waals surface area (Å²) in [6, 6.07) is 2.23. The summed E-state index contributed by atoms with van der Waals surface area (Å²) in [6.07, 6.45) is 3.84. The summed E-state index contributed by atoms with van der Waals surface area (Å²) in [6.45, 7) is 3.43. The van der Waals surface area contributed by atoms with E-state index in [1.165, 1.54) is 24.8 Å². The molecule has 0 bridgehead atoms. The first kappa shape index (κ1) is 10.7. The van der Waals surface area contributed by atoms with Gasteiger partial charge in [-0.05, 0) is 54.7 Å². The molecule has 1 aromatic rings. The molecule has 1 unspecified atom stereocenters. The minimum atomic E-state index is 0.838. The molecule has 2 heteroatoms. The minimum absolute atomic E-state index is 0.838. The van der Waals surface area contributed by atoms with Gasteiger partial charge in [-0.25, -0.2) is 0 Å². The van der Waals surface area contributed by atoms with Crippen LogP contribution in [0.15, 0.2) is 16.8 Å². The van der Waals surface area contributed by atoms with Crippen LogP contribution in [-0.4, -0.2) is 13.6 Å². The van der Waals surface area contributed by atoms with Crippen molar-refractivity contribution < 1.29 is 0 Å². The molecule has 0 aliphatic heterocycles. The lowest BCUT2D eigenvalue weighted by Crippen LogP contribution is -2.18. The molecule has 0 saturated carbocycles. The van der Waals surface area contributed by atoms with E-state index in [1.807, 2.05) is 7.05 Å². The zero-order valence-electron chi connectivity index (χ0n) is 8.55. The number of hydrogen-bond donors (Lipinski definition) is 1. The zero-order chi connectivity index (χ0) is 9.52. The molecule has 0 aromatic carbocycles. The normalized spacial score (nSPS) is 13.1. The molecule has 1 aromatic heterocycles. The topological polar surface area (TPSA) is 12.0 Å². The molecule has 0 amide bonds. The summed E-state index contributed by atoms with van der Waals surface area (Å²) < 4.78 is 0. The van der Waals surface area contributed by atoms with E-state index < -0.39 is 0 Å². The van der Waals surface area contributed by atoms with E-state index in [0.29, 0.717) is 0 Å². The van der Waals surface area contributed by atoms with Gasteiger partial charge in [0.2, 0.25) is 0 Å². The Balaban J connectivity index is 2.23. The Morgan fingerprint density at radius 2 is 2.38 bits per heavy atom. The van der Waals surface area contributed by atoms with Crippen LogP contribution in [0.4, 0.5) is 0 Å². The number of rotatable bonds is 6. The van der Waals surface area contributed by atoms with Crippen LogP contribution < -0.4 is 5.32 Å². The van der Waals surface area contributed by atoms with Crippen molar-refractivity contribution in [2.24, 2.45) is 5.92 Å². The van der Waals surface area contributed by atoms with Crippen LogP contribution in [0.1, 0.15) is 25.3 Å². The lowest BCUT2D eigenvalue weighted by atomic mass is 9.98. The molecule has 1 N–H and O–H groups in total. The summed E-state index contributed by atoms with van der Waals surface area (Å²) in [7, 11) is 2.03. The van der Waals surface area contributed by atoms with E-state index in [2.05, 4.69) is 29.1 Å². The van der Waals surface area contributed by atoms with Crippen LogP contribution in [0.25, 0.3) is 0 Å². The fourth-order valence-electron chi connectivity index (χ4n) is 1.54. The van der Waals surface area contributed by atoms with Crippen LogP contribution in [0, 0.1) is 5.92 Å². The van der Waals surface area contributed by atoms with Gasteiger partial charge in [0, 0.05) is 0 Å². The molecular formula is C11H19NS. The van der Waals surface area contributed by atoms with Crippen molar-refractivity contribution in [3.8, 4) is 0 Å². The second-order valence-electron chi connectivity index (χ2n) is 3.50. The molecular weight excluding hydrogens is 178 g/mol. The third kappa shape index (κ3) is 3.92. The van der Waals surface area contributed by atoms with Crippen molar-refractivity contribution >= 4 is 11.3 Å². The van der Waals surface area contributed by atoms with Gasteiger partial charge in [0.05, 0.1) is 0 Å². The fraction of sp³-hybridized carbons (Fsp3) is 0.636. The van der Waals surface area contributed by atoms with Crippen LogP contribution in [-0.2, 0) is 6.42 Å². The lowest BCUT2D eigenvalue weighted by molar-refractivity contribution is 0.450. The predicted molar refractivity (Wildman–Crippen MR) is 60.3 cm³/mol. The summed E-state index contributed by atoms with van der Waals surface area (Å²) in [4.78, 5) is 0. The lowest BCUT2D eigenvalue weighted by Gasteiger charge is -2.13. The van der Waals surface area contributed by atoms with Gasteiger partial charge in [-0.3, -0.25) is 0 Å². The standard InChI is InChI=1S/C11H19NS/c1-3-10(8-12-2)4-5-11-6-7-13-9-11/h6-7,9-10,12H,3-5,8H2,1-2H3. The Labute approximate surface area is 85.2 Å². The Morgan fingerprint density at radius 1 is 1.54 bits per heavy atom. The number of aryl methyl sites for hydroxylation is 1. The molecule has 1 rings (SSSR count). The number of thiophene rings is 1. The van der Waals surface area contributed by atoms with Crippen molar-refractivity contribution in [2.75, 3.05) is 13.6 Å². The van der Waals surface area contributed by atoms with Gasteiger partial charge in [-0.2, -0.15) is 11.3 Å². The first-order valence-corrected chi connectivity index (χ1v) is 5.96. The molecule has 0 spiro atoms. The van der Waals surface area contributed by atoms with Gasteiger partial charge >= 0.3 is 0 Å². The second kappa shape index (κ2) is 6.17. The van der Waals surface area contributed by atoms with Crippen molar-refractivity contribution in [1.29, 1.82) is 0 Å². The zero-order valence-corrected chi connectivity index (χ0v) is 9.36. The maximum atomic E-state index is 3.25. The highest BCUT2D eigenvalue weighted by Gasteiger charge is 2.04. The highest BCUT2D eigenvalue weighted by atomic mass is 32.1. The maximum Gasteiger partial charge on any atom is -0.00235 e. The monoisotopic (exact) mass is 197 g/mol. The molecule has 74 valence electrons. The molecule has 0 aliphatic rings. The van der Waals surface area contributed by atoms with Crippen LogP contribution in [0.2, 0.25) is 0 Å². The Morgan fingerprint density at radius 3 is 2.92 bits per heavy atom. The van der Waals surface area contributed by atoms with Gasteiger partial charge in [0.1, 0.15) is 0 Å². The first-order valence-electron chi connectivity index (χ1n) is 5.02. The fourth-order valence-corrected chi connectivity index (χ4v) is 2.25. The van der Waals surface area contributed by atoms with Crippen molar-refractivity contribution in [3.63, 3.8) is 0 Å². The van der Waals surface area contributed by atoms with E-state index >= 15 is 0 Å². The van der Waals surface area contributed by atoms with Crippen molar-refractivity contribution in [2.45, 2.75) is 26.2 Å². The molecule has 0 radical (unpaired) electrons. The summed E-state index contributed by atoms with van der Waals surface area (Å²) in [5, 5.41) is 7.67. The largest absolute Gasteiger partial charge is 0.319 e. The molecule has 1 nitrogen and oxygen atoms in total. The Bertz CT molecular complexity index is 206. The molecule has 13 heavy (non-hydrogen) atoms. The van der Waals surface area contributed by atoms with Gasteiger partial charge in [-0.1, -0.05) is 13.3 Å². The number of nitrogens with one attached hydrogen (secondary N) is 1. The first-order chi connectivity index (χ1) is 6.36. The molecule has 0 aliphatic carbocycles. The van der Waals surface area contributed by atoms with Gasteiger partial charge in [0.25, 0.3) is 0 Å². The highest BCUT2D eigenvalue weighted by molar-refractivity contribution is 7.07. The molecule has 0 fully saturated rings. The molecule has 1 atom stereocenters. The predicted octanol–water partition coefficient (Wildman–Crippen LogP) is 2.93. The van der Waals surface area contributed by atoms with E-state index in [4.69, 9.17) is 0 Å². The highest BCUT2D eigenvalue weighted by Crippen LogP contribution is 2.14. The average molecular weight is 197 g/mol. The Hall–Kier alpha value is -0.340. The molecule has 0 saturated heterocycles. The average Bonchev–Trinajstić information content (AvgIpc) is 2.64. The SMILES string of the molecule is CCC(CCc1ccsc1)CNC. The van der Waals surface area contributed by atoms with Gasteiger partial charge in [0.15, 0.2) is 0 Å². The maximum absolute atomic E-state index is 3.25. The summed E-state index contributed by atoms with van der Waals surface area (Å²) >= 11 is 1.80. The van der Waals surface area contributed by atoms with Crippen molar-refractivity contribution in [1.82, 2.24) is 5.32 Å². The van der Waals surface area contributed by atoms with Gasteiger partial charge < -0.3 is 5.32 Å². The van der Waals surface area contributed by atoms with E-state index in [-0.39, 0.29) is 0 Å². The van der Waals surface area contributed by atoms with E-state index in [1.54, 1.807) is 11.3 Å². The Kier molecular flexibility index (Phi) is 5.09. The third-order valence-electron chi connectivity index (χ3n) is 2.49. The number of hydrogen-bond acceptors (Lipinski definition) is 2. The van der Waals surface area contributed by atoms with Crippen LogP contribution >= 0.6 is 11.3 Å². The third-order valence-corrected chi connectivity index (χ3v) is 3.22. The summed E-state index contributed by atoms with van der Waals surface area (Å²) in [5.74, 6) is 0.838. The van der Waals surface area contributed by atoms with Crippen LogP contribution in [0.5, 0.6) is 0 Å². The smallest absolute Gasteiger partial charge is 0.00235 e. The van der Waals surface area contributed by atoms with Gasteiger partial charge in [-0.15, -0.1) is 0 Å². The van der Waals surface area contributed by atoms with E-state index in [9.17, 15) is 0 Å². The summed E-state index contributed by atoms with van der Waals surface area (Å²) in [5.41, 5.74) is 1.50. The second-order valence-corrected chi connectivity index (χ2v) is 4.28. The quantitative estimate of drug-likeness (QED) is 0.739. The minimum Gasteiger partial charge on any atom is -0.319 e. The van der Waals surface area contributed by atoms with Crippen molar-refractivity contribution in [3.05, 3.63) is 22.4 Å². The van der Waals surface area contributed by atoms with Crippen LogP contribution in [0.3, 0.4) is 0 Å².